The summed E-state index contributed by atoms with van der Waals surface area (Å²) in [6, 6.07) is 6.10. The Labute approximate surface area is 125 Å². The molecule has 0 saturated carbocycles. The molecule has 0 unspecified atom stereocenters. The van der Waals surface area contributed by atoms with Crippen molar-refractivity contribution in [3.63, 3.8) is 0 Å². The monoisotopic (exact) mass is 309 g/mol. The number of carbonyl (C=O) groups excluding carboxylic acids is 2. The number of halogens is 1. The summed E-state index contributed by atoms with van der Waals surface area (Å²) >= 11 is 6.05. The fourth-order valence-electron chi connectivity index (χ4n) is 2.12. The normalized spacial score (nSPS) is 10.7. The van der Waals surface area contributed by atoms with Crippen LogP contribution in [0.1, 0.15) is 11.5 Å². The average Bonchev–Trinajstić information content (AvgIpc) is 2.49. The van der Waals surface area contributed by atoms with Crippen LogP contribution in [-0.2, 0) is 19.1 Å². The van der Waals surface area contributed by atoms with Gasteiger partial charge in [0.05, 0.1) is 30.2 Å². The number of carbonyl (C=O) groups is 2. The summed E-state index contributed by atoms with van der Waals surface area (Å²) in [4.78, 5) is 23.8. The number of rotatable bonds is 3. The molecule has 0 amide bonds. The van der Waals surface area contributed by atoms with Crippen LogP contribution in [0.4, 0.5) is 0 Å². The lowest BCUT2D eigenvalue weighted by Crippen LogP contribution is -2.31. The summed E-state index contributed by atoms with van der Waals surface area (Å²) in [6.07, 6.45) is 1.26. The first-order valence-electron chi connectivity index (χ1n) is 5.97. The lowest BCUT2D eigenvalue weighted by atomic mass is 9.96. The predicted octanol–water partition coefficient (Wildman–Crippen LogP) is 1.56. The highest BCUT2D eigenvalue weighted by molar-refractivity contribution is 6.35. The average molecular weight is 310 g/mol. The molecule has 1 aromatic carbocycles. The number of nitrogens with zero attached hydrogens (tertiary/aromatic N) is 1. The van der Waals surface area contributed by atoms with Gasteiger partial charge >= 0.3 is 11.9 Å². The molecular weight excluding hydrogens is 298 g/mol. The maximum absolute atomic E-state index is 12.0. The van der Waals surface area contributed by atoms with E-state index in [0.29, 0.717) is 15.1 Å². The van der Waals surface area contributed by atoms with Gasteiger partial charge in [0.2, 0.25) is 5.52 Å². The maximum atomic E-state index is 12.0. The molecule has 110 valence electrons. The zero-order valence-electron chi connectivity index (χ0n) is 11.3. The Balaban J connectivity index is 2.77. The number of aromatic nitrogens is 1. The largest absolute Gasteiger partial charge is 0.618 e. The van der Waals surface area contributed by atoms with Gasteiger partial charge in [0.25, 0.3) is 0 Å². The van der Waals surface area contributed by atoms with Crippen LogP contribution >= 0.6 is 11.6 Å². The van der Waals surface area contributed by atoms with Crippen molar-refractivity contribution in [3.05, 3.63) is 46.3 Å². The van der Waals surface area contributed by atoms with Crippen molar-refractivity contribution in [2.75, 3.05) is 14.2 Å². The first-order chi connectivity index (χ1) is 10.0. The molecule has 0 bridgehead atoms. The first kappa shape index (κ1) is 15.1. The summed E-state index contributed by atoms with van der Waals surface area (Å²) < 4.78 is 9.80. The summed E-state index contributed by atoms with van der Waals surface area (Å²) in [5.41, 5.74) is 0.314. The Morgan fingerprint density at radius 1 is 1.19 bits per heavy atom. The second kappa shape index (κ2) is 5.97. The second-order valence-electron chi connectivity index (χ2n) is 4.21. The molecule has 0 aliphatic heterocycles. The fourth-order valence-corrected chi connectivity index (χ4v) is 2.33. The number of fused-ring (bicyclic) bond motifs is 1. The molecule has 2 rings (SSSR count). The van der Waals surface area contributed by atoms with E-state index >= 15 is 0 Å². The molecule has 0 saturated heterocycles. The predicted molar refractivity (Wildman–Crippen MR) is 74.7 cm³/mol. The minimum atomic E-state index is -1.35. The van der Waals surface area contributed by atoms with E-state index in [0.717, 1.165) is 14.2 Å². The van der Waals surface area contributed by atoms with Crippen molar-refractivity contribution in [3.8, 4) is 0 Å². The molecular formula is C14H12ClNO5. The first-order valence-corrected chi connectivity index (χ1v) is 6.35. The third kappa shape index (κ3) is 2.62. The van der Waals surface area contributed by atoms with Crippen molar-refractivity contribution in [2.24, 2.45) is 0 Å². The number of benzene rings is 1. The van der Waals surface area contributed by atoms with Crippen molar-refractivity contribution in [1.29, 1.82) is 0 Å². The summed E-state index contributed by atoms with van der Waals surface area (Å²) in [5, 5.41) is 12.8. The van der Waals surface area contributed by atoms with Crippen LogP contribution < -0.4 is 4.73 Å². The molecule has 0 fully saturated rings. The minimum absolute atomic E-state index is 0.130. The van der Waals surface area contributed by atoms with Crippen LogP contribution in [0.3, 0.4) is 0 Å². The molecule has 0 radical (unpaired) electrons. The SMILES string of the molecule is COC(=O)C(C(=O)OC)c1ccc(Cl)c2ccc[n+]([O-])c12. The number of hydrogen-bond acceptors (Lipinski definition) is 5. The lowest BCUT2D eigenvalue weighted by molar-refractivity contribution is -0.577. The number of hydrogen-bond donors (Lipinski definition) is 0. The molecule has 6 nitrogen and oxygen atoms in total. The van der Waals surface area contributed by atoms with Crippen LogP contribution in [0.5, 0.6) is 0 Å². The van der Waals surface area contributed by atoms with E-state index in [1.807, 2.05) is 0 Å². The smallest absolute Gasteiger partial charge is 0.324 e. The third-order valence-corrected chi connectivity index (χ3v) is 3.41. The van der Waals surface area contributed by atoms with E-state index in [9.17, 15) is 14.8 Å². The molecule has 0 aliphatic carbocycles. The van der Waals surface area contributed by atoms with Gasteiger partial charge < -0.3 is 14.7 Å². The Hall–Kier alpha value is -2.34. The Bertz CT molecular complexity index is 700. The zero-order chi connectivity index (χ0) is 15.6. The molecule has 1 heterocycles. The van der Waals surface area contributed by atoms with E-state index in [1.165, 1.54) is 24.4 Å². The topological polar surface area (TPSA) is 79.5 Å². The highest BCUT2D eigenvalue weighted by Crippen LogP contribution is 2.30. The lowest BCUT2D eigenvalue weighted by Gasteiger charge is -2.14. The quantitative estimate of drug-likeness (QED) is 0.372. The van der Waals surface area contributed by atoms with Gasteiger partial charge in [-0.1, -0.05) is 11.6 Å². The Kier molecular flexibility index (Phi) is 4.28. The number of methoxy groups -OCH3 is 2. The van der Waals surface area contributed by atoms with Gasteiger partial charge in [-0.3, -0.25) is 9.59 Å². The molecule has 21 heavy (non-hydrogen) atoms. The van der Waals surface area contributed by atoms with E-state index in [2.05, 4.69) is 9.47 Å². The molecule has 0 aliphatic rings. The number of pyridine rings is 1. The van der Waals surface area contributed by atoms with E-state index < -0.39 is 17.9 Å². The number of ether oxygens (including phenoxy) is 2. The minimum Gasteiger partial charge on any atom is -0.618 e. The van der Waals surface area contributed by atoms with Gasteiger partial charge in [-0.15, -0.1) is 0 Å². The van der Waals surface area contributed by atoms with Crippen LogP contribution in [0.2, 0.25) is 5.02 Å². The Morgan fingerprint density at radius 3 is 2.38 bits per heavy atom. The second-order valence-corrected chi connectivity index (χ2v) is 4.62. The summed E-state index contributed by atoms with van der Waals surface area (Å²) in [5.74, 6) is -2.97. The van der Waals surface area contributed by atoms with E-state index in [1.54, 1.807) is 6.07 Å². The van der Waals surface area contributed by atoms with E-state index in [4.69, 9.17) is 11.6 Å². The maximum Gasteiger partial charge on any atom is 0.324 e. The van der Waals surface area contributed by atoms with E-state index in [-0.39, 0.29) is 11.1 Å². The van der Waals surface area contributed by atoms with Crippen LogP contribution in [0.25, 0.3) is 10.9 Å². The zero-order valence-corrected chi connectivity index (χ0v) is 12.1. The van der Waals surface area contributed by atoms with Crippen molar-refractivity contribution in [1.82, 2.24) is 0 Å². The highest BCUT2D eigenvalue weighted by atomic mass is 35.5. The summed E-state index contributed by atoms with van der Waals surface area (Å²) in [6.45, 7) is 0. The van der Waals surface area contributed by atoms with Gasteiger partial charge in [-0.25, -0.2) is 0 Å². The van der Waals surface area contributed by atoms with Crippen LogP contribution in [-0.4, -0.2) is 26.2 Å². The summed E-state index contributed by atoms with van der Waals surface area (Å²) in [7, 11) is 2.31. The molecule has 2 aromatic rings. The van der Waals surface area contributed by atoms with Crippen molar-refractivity contribution in [2.45, 2.75) is 5.92 Å². The molecule has 7 heteroatoms. The highest BCUT2D eigenvalue weighted by Gasteiger charge is 2.35. The Morgan fingerprint density at radius 2 is 1.81 bits per heavy atom. The third-order valence-electron chi connectivity index (χ3n) is 3.08. The van der Waals surface area contributed by atoms with Gasteiger partial charge in [0.15, 0.2) is 12.1 Å². The molecule has 0 spiro atoms. The molecule has 1 aromatic heterocycles. The van der Waals surface area contributed by atoms with Gasteiger partial charge in [0, 0.05) is 6.07 Å². The van der Waals surface area contributed by atoms with Crippen LogP contribution in [0.15, 0.2) is 30.5 Å². The fraction of sp³-hybridized carbons (Fsp3) is 0.214. The standard InChI is InChI=1S/C14H12ClNO5/c1-20-13(17)11(14(18)21-2)9-5-6-10(15)8-4-3-7-16(19)12(8)9/h3-7,11H,1-2H3. The van der Waals surface area contributed by atoms with Crippen molar-refractivity contribution < 1.29 is 23.8 Å². The molecule has 0 N–H and O–H groups in total. The molecule has 0 atom stereocenters. The van der Waals surface area contributed by atoms with Crippen molar-refractivity contribution >= 4 is 34.4 Å². The van der Waals surface area contributed by atoms with Gasteiger partial charge in [0.1, 0.15) is 0 Å². The number of esters is 2. The van der Waals surface area contributed by atoms with Gasteiger partial charge in [-0.2, -0.15) is 4.73 Å². The van der Waals surface area contributed by atoms with Crippen LogP contribution in [0, 0.1) is 5.21 Å². The van der Waals surface area contributed by atoms with Gasteiger partial charge in [-0.05, 0) is 18.2 Å².